The summed E-state index contributed by atoms with van der Waals surface area (Å²) in [6.45, 7) is 2.21. The highest BCUT2D eigenvalue weighted by Gasteiger charge is 2.06. The van der Waals surface area contributed by atoms with Gasteiger partial charge < -0.3 is 10.6 Å². The van der Waals surface area contributed by atoms with Crippen LogP contribution >= 0.6 is 11.6 Å². The van der Waals surface area contributed by atoms with Gasteiger partial charge in [0.1, 0.15) is 5.82 Å². The Labute approximate surface area is 143 Å². The molecule has 2 aromatic carbocycles. The van der Waals surface area contributed by atoms with Crippen LogP contribution in [0.2, 0.25) is 5.02 Å². The molecule has 0 unspecified atom stereocenters. The molecule has 0 radical (unpaired) electrons. The maximum Gasteiger partial charge on any atom is 0.249 e. The van der Waals surface area contributed by atoms with E-state index in [0.717, 1.165) is 11.3 Å². The molecule has 122 valence electrons. The summed E-state index contributed by atoms with van der Waals surface area (Å²) in [4.78, 5) is 4.32. The minimum absolute atomic E-state index is 0.264. The van der Waals surface area contributed by atoms with Crippen molar-refractivity contribution in [1.29, 1.82) is 0 Å². The van der Waals surface area contributed by atoms with Crippen LogP contribution in [0.25, 0.3) is 0 Å². The summed E-state index contributed by atoms with van der Waals surface area (Å²) in [5.74, 6) is 0.564. The van der Waals surface area contributed by atoms with Gasteiger partial charge in [0.25, 0.3) is 0 Å². The molecular weight excluding hydrogens is 329 g/mol. The van der Waals surface area contributed by atoms with Crippen molar-refractivity contribution < 1.29 is 4.39 Å². The summed E-state index contributed by atoms with van der Waals surface area (Å²) in [5.41, 5.74) is 2.25. The van der Waals surface area contributed by atoms with Crippen LogP contribution in [0.1, 0.15) is 11.1 Å². The number of anilines is 3. The quantitative estimate of drug-likeness (QED) is 0.722. The summed E-state index contributed by atoms with van der Waals surface area (Å²) in [6, 6.07) is 12.1. The average molecular weight is 344 g/mol. The molecule has 3 aromatic rings. The molecule has 0 amide bonds. The molecule has 5 nitrogen and oxygen atoms in total. The van der Waals surface area contributed by atoms with Crippen molar-refractivity contribution in [2.24, 2.45) is 0 Å². The molecule has 2 N–H and O–H groups in total. The number of halogens is 2. The van der Waals surface area contributed by atoms with E-state index < -0.39 is 0 Å². The van der Waals surface area contributed by atoms with E-state index in [1.807, 2.05) is 25.1 Å². The molecule has 0 saturated carbocycles. The second-order valence-electron chi connectivity index (χ2n) is 5.15. The molecule has 0 aliphatic rings. The molecule has 0 fully saturated rings. The van der Waals surface area contributed by atoms with Gasteiger partial charge in [-0.1, -0.05) is 35.9 Å². The Morgan fingerprint density at radius 3 is 2.79 bits per heavy atom. The van der Waals surface area contributed by atoms with Crippen molar-refractivity contribution >= 4 is 29.1 Å². The Bertz CT molecular complexity index is 856. The predicted octanol–water partition coefficient (Wildman–Crippen LogP) is 4.33. The third-order valence-corrected chi connectivity index (χ3v) is 3.90. The summed E-state index contributed by atoms with van der Waals surface area (Å²) in [6.07, 6.45) is 1.48. The Balaban J connectivity index is 1.72. The fourth-order valence-corrected chi connectivity index (χ4v) is 2.31. The zero-order chi connectivity index (χ0) is 16.9. The lowest BCUT2D eigenvalue weighted by Crippen LogP contribution is -2.07. The Morgan fingerprint density at radius 1 is 1.12 bits per heavy atom. The Hall–Kier alpha value is -2.73. The molecule has 0 saturated heterocycles. The molecular formula is C17H15ClFN5. The summed E-state index contributed by atoms with van der Waals surface area (Å²) < 4.78 is 13.6. The van der Waals surface area contributed by atoms with Crippen LogP contribution < -0.4 is 10.6 Å². The maximum atomic E-state index is 13.6. The molecule has 0 bridgehead atoms. The van der Waals surface area contributed by atoms with Crippen molar-refractivity contribution in [2.75, 3.05) is 10.6 Å². The van der Waals surface area contributed by atoms with Gasteiger partial charge in [-0.2, -0.15) is 10.1 Å². The monoisotopic (exact) mass is 343 g/mol. The molecule has 0 atom stereocenters. The highest BCUT2D eigenvalue weighted by molar-refractivity contribution is 6.31. The maximum absolute atomic E-state index is 13.6. The highest BCUT2D eigenvalue weighted by atomic mass is 35.5. The normalized spacial score (nSPS) is 10.5. The standard InChI is InChI=1S/C17H15ClFN5/c1-11-13(18)6-4-8-15(11)22-17-23-16(10-21-24-17)20-9-12-5-2-3-7-14(12)19/h2-8,10H,9H2,1H3,(H2,20,22,23,24). The topological polar surface area (TPSA) is 62.7 Å². The van der Waals surface area contributed by atoms with Crippen molar-refractivity contribution in [3.63, 3.8) is 0 Å². The lowest BCUT2D eigenvalue weighted by atomic mass is 10.2. The number of aromatic nitrogens is 3. The lowest BCUT2D eigenvalue weighted by Gasteiger charge is -2.10. The third-order valence-electron chi connectivity index (χ3n) is 3.49. The zero-order valence-electron chi connectivity index (χ0n) is 12.9. The molecule has 24 heavy (non-hydrogen) atoms. The molecule has 0 aliphatic heterocycles. The van der Waals surface area contributed by atoms with Gasteiger partial charge in [0.05, 0.1) is 6.20 Å². The second-order valence-corrected chi connectivity index (χ2v) is 5.55. The van der Waals surface area contributed by atoms with Gasteiger partial charge in [0, 0.05) is 22.8 Å². The third kappa shape index (κ3) is 3.78. The van der Waals surface area contributed by atoms with E-state index in [9.17, 15) is 4.39 Å². The minimum Gasteiger partial charge on any atom is -0.364 e. The number of nitrogens with zero attached hydrogens (tertiary/aromatic N) is 3. The fourth-order valence-electron chi connectivity index (χ4n) is 2.13. The first-order chi connectivity index (χ1) is 11.6. The summed E-state index contributed by atoms with van der Waals surface area (Å²) >= 11 is 6.10. The van der Waals surface area contributed by atoms with E-state index >= 15 is 0 Å². The van der Waals surface area contributed by atoms with Crippen molar-refractivity contribution in [2.45, 2.75) is 13.5 Å². The Kier molecular flexibility index (Phi) is 4.86. The van der Waals surface area contributed by atoms with E-state index in [0.29, 0.717) is 28.9 Å². The second kappa shape index (κ2) is 7.23. The fraction of sp³-hybridized carbons (Fsp3) is 0.118. The van der Waals surface area contributed by atoms with Gasteiger partial charge in [0.15, 0.2) is 5.82 Å². The molecule has 3 rings (SSSR count). The van der Waals surface area contributed by atoms with Gasteiger partial charge in [-0.15, -0.1) is 5.10 Å². The van der Waals surface area contributed by atoms with Crippen LogP contribution in [0, 0.1) is 12.7 Å². The van der Waals surface area contributed by atoms with Crippen LogP contribution in [-0.4, -0.2) is 15.2 Å². The van der Waals surface area contributed by atoms with Gasteiger partial charge in [-0.3, -0.25) is 0 Å². The number of nitrogens with one attached hydrogen (secondary N) is 2. The number of benzene rings is 2. The smallest absolute Gasteiger partial charge is 0.249 e. The van der Waals surface area contributed by atoms with Crippen LogP contribution in [0.5, 0.6) is 0 Å². The van der Waals surface area contributed by atoms with E-state index in [1.54, 1.807) is 18.2 Å². The van der Waals surface area contributed by atoms with E-state index in [-0.39, 0.29) is 5.82 Å². The first kappa shape index (κ1) is 16.1. The molecule has 1 heterocycles. The van der Waals surface area contributed by atoms with Crippen LogP contribution in [0.3, 0.4) is 0 Å². The van der Waals surface area contributed by atoms with E-state index in [2.05, 4.69) is 25.8 Å². The van der Waals surface area contributed by atoms with Crippen LogP contribution in [-0.2, 0) is 6.54 Å². The molecule has 7 heteroatoms. The van der Waals surface area contributed by atoms with Crippen molar-refractivity contribution in [3.05, 3.63) is 70.6 Å². The van der Waals surface area contributed by atoms with E-state index in [4.69, 9.17) is 11.6 Å². The number of hydrogen-bond donors (Lipinski definition) is 2. The van der Waals surface area contributed by atoms with Crippen molar-refractivity contribution in [3.8, 4) is 0 Å². The number of hydrogen-bond acceptors (Lipinski definition) is 5. The Morgan fingerprint density at radius 2 is 1.96 bits per heavy atom. The van der Waals surface area contributed by atoms with Crippen LogP contribution in [0.15, 0.2) is 48.7 Å². The zero-order valence-corrected chi connectivity index (χ0v) is 13.7. The van der Waals surface area contributed by atoms with Crippen molar-refractivity contribution in [1.82, 2.24) is 15.2 Å². The van der Waals surface area contributed by atoms with E-state index in [1.165, 1.54) is 12.3 Å². The van der Waals surface area contributed by atoms with Gasteiger partial charge >= 0.3 is 0 Å². The summed E-state index contributed by atoms with van der Waals surface area (Å²) in [5, 5.41) is 14.6. The molecule has 0 spiro atoms. The largest absolute Gasteiger partial charge is 0.364 e. The SMILES string of the molecule is Cc1c(Cl)cccc1Nc1nncc(NCc2ccccc2F)n1. The van der Waals surface area contributed by atoms with Gasteiger partial charge in [-0.25, -0.2) is 4.39 Å². The van der Waals surface area contributed by atoms with Gasteiger partial charge in [0.2, 0.25) is 5.95 Å². The minimum atomic E-state index is -0.264. The highest BCUT2D eigenvalue weighted by Crippen LogP contribution is 2.25. The average Bonchev–Trinajstić information content (AvgIpc) is 2.59. The molecule has 0 aliphatic carbocycles. The first-order valence-electron chi connectivity index (χ1n) is 7.32. The predicted molar refractivity (Wildman–Crippen MR) is 93.0 cm³/mol. The first-order valence-corrected chi connectivity index (χ1v) is 7.70. The van der Waals surface area contributed by atoms with Crippen LogP contribution in [0.4, 0.5) is 21.8 Å². The van der Waals surface area contributed by atoms with Gasteiger partial charge in [-0.05, 0) is 30.7 Å². The summed E-state index contributed by atoms with van der Waals surface area (Å²) in [7, 11) is 0. The lowest BCUT2D eigenvalue weighted by molar-refractivity contribution is 0.613. The molecule has 1 aromatic heterocycles. The number of rotatable bonds is 5.